The predicted molar refractivity (Wildman–Crippen MR) is 91.6 cm³/mol. The molecule has 19 heavy (non-hydrogen) atoms. The molecule has 1 aromatic rings. The molecule has 0 saturated carbocycles. The van der Waals surface area contributed by atoms with E-state index in [1.54, 1.807) is 0 Å². The first-order chi connectivity index (χ1) is 8.97. The number of halogens is 2. The second-order valence-electron chi connectivity index (χ2n) is 4.93. The summed E-state index contributed by atoms with van der Waals surface area (Å²) in [6.07, 6.45) is 0.303. The van der Waals surface area contributed by atoms with Crippen molar-refractivity contribution in [3.05, 3.63) is 33.3 Å². The van der Waals surface area contributed by atoms with Crippen LogP contribution in [-0.4, -0.2) is 32.7 Å². The van der Waals surface area contributed by atoms with Crippen LogP contribution in [0.4, 0.5) is 0 Å². The van der Waals surface area contributed by atoms with Gasteiger partial charge in [-0.05, 0) is 17.7 Å². The van der Waals surface area contributed by atoms with Crippen molar-refractivity contribution >= 4 is 51.1 Å². The van der Waals surface area contributed by atoms with Crippen molar-refractivity contribution in [1.29, 1.82) is 0 Å². The molecule has 106 valence electrons. The van der Waals surface area contributed by atoms with Gasteiger partial charge in [-0.25, -0.2) is 0 Å². The number of hydrogen-bond donors (Lipinski definition) is 1. The molecule has 5 heteroatoms. The van der Waals surface area contributed by atoms with E-state index < -0.39 is 0 Å². The molecule has 1 nitrogen and oxygen atoms in total. The van der Waals surface area contributed by atoms with Crippen LogP contribution in [0.1, 0.15) is 19.4 Å². The zero-order chi connectivity index (χ0) is 14.0. The molecule has 1 heterocycles. The summed E-state index contributed by atoms with van der Waals surface area (Å²) in [5.41, 5.74) is 1.02. The largest absolute Gasteiger partial charge is 0.392 e. The lowest BCUT2D eigenvalue weighted by molar-refractivity contribution is 0.177. The molecule has 4 unspecified atom stereocenters. The van der Waals surface area contributed by atoms with Gasteiger partial charge in [0.2, 0.25) is 0 Å². The van der Waals surface area contributed by atoms with E-state index >= 15 is 0 Å². The van der Waals surface area contributed by atoms with E-state index in [2.05, 4.69) is 29.8 Å². The van der Waals surface area contributed by atoms with Crippen molar-refractivity contribution in [2.45, 2.75) is 42.1 Å². The molecule has 1 saturated heterocycles. The van der Waals surface area contributed by atoms with Crippen LogP contribution >= 0.6 is 51.1 Å². The number of benzene rings is 1. The van der Waals surface area contributed by atoms with Crippen LogP contribution in [0.15, 0.2) is 22.7 Å². The molecule has 1 aliphatic heterocycles. The molecule has 2 rings (SSSR count). The maximum atomic E-state index is 10.4. The Morgan fingerprint density at radius 2 is 2.16 bits per heavy atom. The maximum absolute atomic E-state index is 10.4. The molecule has 0 radical (unpaired) electrons. The first kappa shape index (κ1) is 16.0. The summed E-state index contributed by atoms with van der Waals surface area (Å²) >= 11 is 13.5. The Bertz CT molecular complexity index is 443. The average molecular weight is 382 g/mol. The topological polar surface area (TPSA) is 20.2 Å². The van der Waals surface area contributed by atoms with Crippen LogP contribution in [0.5, 0.6) is 0 Å². The van der Waals surface area contributed by atoms with E-state index in [9.17, 15) is 5.11 Å². The summed E-state index contributed by atoms with van der Waals surface area (Å²) < 4.78 is 0.973. The second kappa shape index (κ2) is 7.08. The minimum absolute atomic E-state index is 0.302. The van der Waals surface area contributed by atoms with E-state index in [1.807, 2.05) is 41.7 Å². The van der Waals surface area contributed by atoms with E-state index in [-0.39, 0.29) is 6.10 Å². The highest BCUT2D eigenvalue weighted by Gasteiger charge is 2.30. The van der Waals surface area contributed by atoms with Gasteiger partial charge in [0.1, 0.15) is 0 Å². The summed E-state index contributed by atoms with van der Waals surface area (Å²) in [5.74, 6) is 1.02. The fourth-order valence-electron chi connectivity index (χ4n) is 2.05. The molecule has 4 atom stereocenters. The van der Waals surface area contributed by atoms with Crippen LogP contribution in [0.3, 0.4) is 0 Å². The Morgan fingerprint density at radius 1 is 1.42 bits per heavy atom. The first-order valence-electron chi connectivity index (χ1n) is 6.36. The summed E-state index contributed by atoms with van der Waals surface area (Å²) in [6, 6.07) is 5.85. The van der Waals surface area contributed by atoms with Crippen LogP contribution < -0.4 is 0 Å². The number of aliphatic hydroxyl groups excluding tert-OH is 1. The fraction of sp³-hybridized carbons (Fsp3) is 0.571. The predicted octanol–water partition coefficient (Wildman–Crippen LogP) is 4.63. The van der Waals surface area contributed by atoms with Gasteiger partial charge in [-0.15, -0.1) is 0 Å². The van der Waals surface area contributed by atoms with E-state index in [1.165, 1.54) is 0 Å². The normalized spacial score (nSPS) is 29.2. The van der Waals surface area contributed by atoms with Gasteiger partial charge < -0.3 is 5.11 Å². The summed E-state index contributed by atoms with van der Waals surface area (Å²) in [7, 11) is 0. The molecule has 0 spiro atoms. The maximum Gasteiger partial charge on any atom is 0.0707 e. The average Bonchev–Trinajstić information content (AvgIpc) is 2.36. The monoisotopic (exact) mass is 380 g/mol. The standard InChI is InChI=1S/C14H18BrClOS2/c1-8-9(2)19-14(7-18-8)13(17)5-10-3-4-11(15)6-12(10)16/h3-4,6,8-9,13-14,17H,5,7H2,1-2H3. The molecule has 1 N–H and O–H groups in total. The molecule has 1 aromatic carbocycles. The van der Waals surface area contributed by atoms with Crippen LogP contribution in [0, 0.1) is 0 Å². The third-order valence-corrected chi connectivity index (χ3v) is 7.83. The number of aliphatic hydroxyl groups is 1. The van der Waals surface area contributed by atoms with Gasteiger partial charge in [-0.1, -0.05) is 47.4 Å². The highest BCUT2D eigenvalue weighted by atomic mass is 79.9. The quantitative estimate of drug-likeness (QED) is 0.824. The lowest BCUT2D eigenvalue weighted by Gasteiger charge is -2.34. The highest BCUT2D eigenvalue weighted by molar-refractivity contribution is 9.10. The van der Waals surface area contributed by atoms with Gasteiger partial charge in [0.15, 0.2) is 0 Å². The van der Waals surface area contributed by atoms with Crippen molar-refractivity contribution in [3.8, 4) is 0 Å². The summed E-state index contributed by atoms with van der Waals surface area (Å²) in [4.78, 5) is 0. The lowest BCUT2D eigenvalue weighted by atomic mass is 10.1. The Morgan fingerprint density at radius 3 is 2.79 bits per heavy atom. The third-order valence-electron chi connectivity index (χ3n) is 3.45. The SMILES string of the molecule is CC1SCC(C(O)Cc2ccc(Br)cc2Cl)SC1C. The van der Waals surface area contributed by atoms with Crippen molar-refractivity contribution < 1.29 is 5.11 Å². The molecule has 0 aromatic heterocycles. The zero-order valence-electron chi connectivity index (χ0n) is 11.0. The van der Waals surface area contributed by atoms with Gasteiger partial charge in [-0.2, -0.15) is 23.5 Å². The van der Waals surface area contributed by atoms with Crippen LogP contribution in [-0.2, 0) is 6.42 Å². The minimum Gasteiger partial charge on any atom is -0.392 e. The number of thioether (sulfide) groups is 2. The molecule has 1 aliphatic rings. The Balaban J connectivity index is 1.99. The Labute approximate surface area is 137 Å². The van der Waals surface area contributed by atoms with Gasteiger partial charge >= 0.3 is 0 Å². The molecule has 0 bridgehead atoms. The van der Waals surface area contributed by atoms with E-state index in [0.29, 0.717) is 22.2 Å². The first-order valence-corrected chi connectivity index (χ1v) is 9.52. The van der Waals surface area contributed by atoms with Crippen molar-refractivity contribution in [1.82, 2.24) is 0 Å². The van der Waals surface area contributed by atoms with Gasteiger partial charge in [0.25, 0.3) is 0 Å². The van der Waals surface area contributed by atoms with Crippen LogP contribution in [0.2, 0.25) is 5.02 Å². The highest BCUT2D eigenvalue weighted by Crippen LogP contribution is 2.38. The summed E-state index contributed by atoms with van der Waals surface area (Å²) in [6.45, 7) is 4.50. The van der Waals surface area contributed by atoms with Crippen molar-refractivity contribution in [3.63, 3.8) is 0 Å². The minimum atomic E-state index is -0.328. The molecular formula is C14H18BrClOS2. The van der Waals surface area contributed by atoms with Crippen molar-refractivity contribution in [2.75, 3.05) is 5.75 Å². The van der Waals surface area contributed by atoms with Gasteiger partial charge in [0.05, 0.1) is 6.10 Å². The van der Waals surface area contributed by atoms with Crippen molar-refractivity contribution in [2.24, 2.45) is 0 Å². The van der Waals surface area contributed by atoms with E-state index in [4.69, 9.17) is 11.6 Å². The number of hydrogen-bond acceptors (Lipinski definition) is 3. The number of rotatable bonds is 3. The van der Waals surface area contributed by atoms with Crippen LogP contribution in [0.25, 0.3) is 0 Å². The molecule has 0 amide bonds. The Hall–Kier alpha value is 0.650. The summed E-state index contributed by atoms with van der Waals surface area (Å²) in [5, 5.41) is 12.7. The zero-order valence-corrected chi connectivity index (χ0v) is 15.0. The molecule has 0 aliphatic carbocycles. The van der Waals surface area contributed by atoms with Gasteiger partial charge in [0, 0.05) is 37.4 Å². The third kappa shape index (κ3) is 4.31. The smallest absolute Gasteiger partial charge is 0.0707 e. The molecule has 1 fully saturated rings. The fourth-order valence-corrected chi connectivity index (χ4v) is 5.82. The second-order valence-corrected chi connectivity index (χ2v) is 9.28. The lowest BCUT2D eigenvalue weighted by Crippen LogP contribution is -2.35. The van der Waals surface area contributed by atoms with Gasteiger partial charge in [-0.3, -0.25) is 0 Å². The molecular weight excluding hydrogens is 364 g/mol. The van der Waals surface area contributed by atoms with E-state index in [0.717, 1.165) is 20.8 Å². The Kier molecular flexibility index (Phi) is 5.97.